The Kier molecular flexibility index (Phi) is 5.07. The number of nitrogens with one attached hydrogen (secondary N) is 1. The Morgan fingerprint density at radius 3 is 2.47 bits per heavy atom. The first-order valence-electron chi connectivity index (χ1n) is 6.45. The zero-order valence-electron chi connectivity index (χ0n) is 10.6. The molecule has 0 saturated heterocycles. The lowest BCUT2D eigenvalue weighted by molar-refractivity contribution is 0.0261. The summed E-state index contributed by atoms with van der Waals surface area (Å²) in [5.41, 5.74) is -0.461. The van der Waals surface area contributed by atoms with Crippen LogP contribution >= 0.6 is 0 Å². The molecule has 0 aromatic carbocycles. The SMILES string of the molecule is CC(C)NCCC(C)(O)CC1CCCC1. The van der Waals surface area contributed by atoms with Crippen molar-refractivity contribution in [2.24, 2.45) is 5.92 Å². The van der Waals surface area contributed by atoms with Gasteiger partial charge in [-0.05, 0) is 32.2 Å². The number of rotatable bonds is 6. The highest BCUT2D eigenvalue weighted by molar-refractivity contribution is 4.80. The Morgan fingerprint density at radius 2 is 1.93 bits per heavy atom. The lowest BCUT2D eigenvalue weighted by Crippen LogP contribution is -2.34. The predicted molar refractivity (Wildman–Crippen MR) is 65.0 cm³/mol. The van der Waals surface area contributed by atoms with Crippen molar-refractivity contribution in [1.29, 1.82) is 0 Å². The molecule has 1 atom stereocenters. The van der Waals surface area contributed by atoms with E-state index in [1.54, 1.807) is 0 Å². The Bertz CT molecular complexity index is 171. The monoisotopic (exact) mass is 213 g/mol. The summed E-state index contributed by atoms with van der Waals surface area (Å²) in [6, 6.07) is 0.521. The molecule has 1 aliphatic rings. The van der Waals surface area contributed by atoms with E-state index < -0.39 is 5.60 Å². The second-order valence-corrected chi connectivity index (χ2v) is 5.71. The Labute approximate surface area is 94.5 Å². The molecule has 0 radical (unpaired) electrons. The normalized spacial score (nSPS) is 22.2. The van der Waals surface area contributed by atoms with E-state index in [4.69, 9.17) is 0 Å². The zero-order chi connectivity index (χ0) is 11.3. The van der Waals surface area contributed by atoms with Gasteiger partial charge in [0.05, 0.1) is 5.60 Å². The van der Waals surface area contributed by atoms with Crippen LogP contribution in [0.1, 0.15) is 59.3 Å². The van der Waals surface area contributed by atoms with Gasteiger partial charge in [0.25, 0.3) is 0 Å². The Morgan fingerprint density at radius 1 is 1.33 bits per heavy atom. The summed E-state index contributed by atoms with van der Waals surface area (Å²) in [6.45, 7) is 7.21. The number of hydrogen-bond acceptors (Lipinski definition) is 2. The van der Waals surface area contributed by atoms with Gasteiger partial charge in [-0.1, -0.05) is 39.5 Å². The van der Waals surface area contributed by atoms with E-state index in [-0.39, 0.29) is 0 Å². The van der Waals surface area contributed by atoms with Crippen LogP contribution in [0.3, 0.4) is 0 Å². The average Bonchev–Trinajstić information content (AvgIpc) is 2.54. The summed E-state index contributed by atoms with van der Waals surface area (Å²) in [5.74, 6) is 0.777. The average molecular weight is 213 g/mol. The molecule has 0 aromatic rings. The molecule has 1 unspecified atom stereocenters. The molecule has 1 saturated carbocycles. The molecule has 0 aromatic heterocycles. The minimum atomic E-state index is -0.461. The van der Waals surface area contributed by atoms with E-state index in [2.05, 4.69) is 19.2 Å². The third-order valence-electron chi connectivity index (χ3n) is 3.42. The first-order chi connectivity index (χ1) is 6.99. The zero-order valence-corrected chi connectivity index (χ0v) is 10.6. The predicted octanol–water partition coefficient (Wildman–Crippen LogP) is 2.71. The van der Waals surface area contributed by atoms with Gasteiger partial charge in [-0.15, -0.1) is 0 Å². The minimum Gasteiger partial charge on any atom is -0.390 e. The molecule has 15 heavy (non-hydrogen) atoms. The van der Waals surface area contributed by atoms with Crippen molar-refractivity contribution < 1.29 is 5.11 Å². The fourth-order valence-corrected chi connectivity index (χ4v) is 2.57. The Hall–Kier alpha value is -0.0800. The van der Waals surface area contributed by atoms with E-state index in [1.807, 2.05) is 6.92 Å². The smallest absolute Gasteiger partial charge is 0.0634 e. The summed E-state index contributed by atoms with van der Waals surface area (Å²) in [5, 5.41) is 13.6. The van der Waals surface area contributed by atoms with Crippen molar-refractivity contribution in [3.05, 3.63) is 0 Å². The quantitative estimate of drug-likeness (QED) is 0.711. The number of aliphatic hydroxyl groups is 1. The van der Waals surface area contributed by atoms with Crippen molar-refractivity contribution in [3.63, 3.8) is 0 Å². The molecular weight excluding hydrogens is 186 g/mol. The van der Waals surface area contributed by atoms with Crippen molar-refractivity contribution >= 4 is 0 Å². The van der Waals surface area contributed by atoms with Gasteiger partial charge >= 0.3 is 0 Å². The summed E-state index contributed by atoms with van der Waals surface area (Å²) in [6.07, 6.45) is 7.26. The molecular formula is C13H27NO. The van der Waals surface area contributed by atoms with Gasteiger partial charge < -0.3 is 10.4 Å². The van der Waals surface area contributed by atoms with Crippen LogP contribution in [0.5, 0.6) is 0 Å². The van der Waals surface area contributed by atoms with Crippen molar-refractivity contribution in [3.8, 4) is 0 Å². The summed E-state index contributed by atoms with van der Waals surface area (Å²) >= 11 is 0. The number of hydrogen-bond donors (Lipinski definition) is 2. The second kappa shape index (κ2) is 5.86. The maximum atomic E-state index is 10.2. The third kappa shape index (κ3) is 5.53. The van der Waals surface area contributed by atoms with Crippen LogP contribution < -0.4 is 5.32 Å². The molecule has 0 aliphatic heterocycles. The van der Waals surface area contributed by atoms with E-state index in [9.17, 15) is 5.11 Å². The molecule has 1 rings (SSSR count). The molecule has 2 nitrogen and oxygen atoms in total. The van der Waals surface area contributed by atoms with Gasteiger partial charge in [-0.2, -0.15) is 0 Å². The lowest BCUT2D eigenvalue weighted by atomic mass is 9.88. The molecule has 0 heterocycles. The molecule has 0 spiro atoms. The standard InChI is InChI=1S/C13H27NO/c1-11(2)14-9-8-13(3,15)10-12-6-4-5-7-12/h11-12,14-15H,4-10H2,1-3H3. The molecule has 0 amide bonds. The van der Waals surface area contributed by atoms with Crippen LogP contribution in [-0.2, 0) is 0 Å². The maximum Gasteiger partial charge on any atom is 0.0634 e. The fourth-order valence-electron chi connectivity index (χ4n) is 2.57. The fraction of sp³-hybridized carbons (Fsp3) is 1.00. The van der Waals surface area contributed by atoms with Gasteiger partial charge in [-0.25, -0.2) is 0 Å². The highest BCUT2D eigenvalue weighted by Crippen LogP contribution is 2.32. The van der Waals surface area contributed by atoms with Crippen LogP contribution in [0.25, 0.3) is 0 Å². The largest absolute Gasteiger partial charge is 0.390 e. The van der Waals surface area contributed by atoms with Gasteiger partial charge in [0.15, 0.2) is 0 Å². The summed E-state index contributed by atoms with van der Waals surface area (Å²) in [7, 11) is 0. The van der Waals surface area contributed by atoms with E-state index in [0.29, 0.717) is 6.04 Å². The minimum absolute atomic E-state index is 0.461. The lowest BCUT2D eigenvalue weighted by Gasteiger charge is -2.27. The maximum absolute atomic E-state index is 10.2. The van der Waals surface area contributed by atoms with Crippen molar-refractivity contribution in [2.45, 2.75) is 70.9 Å². The molecule has 1 fully saturated rings. The second-order valence-electron chi connectivity index (χ2n) is 5.71. The molecule has 90 valence electrons. The topological polar surface area (TPSA) is 32.3 Å². The first-order valence-corrected chi connectivity index (χ1v) is 6.45. The highest BCUT2D eigenvalue weighted by atomic mass is 16.3. The highest BCUT2D eigenvalue weighted by Gasteiger charge is 2.26. The van der Waals surface area contributed by atoms with Gasteiger partial charge in [0.1, 0.15) is 0 Å². The van der Waals surface area contributed by atoms with Gasteiger partial charge in [0, 0.05) is 6.04 Å². The molecule has 2 N–H and O–H groups in total. The van der Waals surface area contributed by atoms with Crippen molar-refractivity contribution in [2.75, 3.05) is 6.54 Å². The van der Waals surface area contributed by atoms with Crippen LogP contribution in [0.15, 0.2) is 0 Å². The molecule has 1 aliphatic carbocycles. The van der Waals surface area contributed by atoms with E-state index in [1.165, 1.54) is 25.7 Å². The molecule has 0 bridgehead atoms. The Balaban J connectivity index is 2.18. The van der Waals surface area contributed by atoms with Crippen LogP contribution in [-0.4, -0.2) is 23.3 Å². The van der Waals surface area contributed by atoms with Crippen LogP contribution in [0, 0.1) is 5.92 Å². The molecule has 2 heteroatoms. The first kappa shape index (κ1) is 13.0. The van der Waals surface area contributed by atoms with E-state index >= 15 is 0 Å². The summed E-state index contributed by atoms with van der Waals surface area (Å²) in [4.78, 5) is 0. The van der Waals surface area contributed by atoms with Gasteiger partial charge in [0.2, 0.25) is 0 Å². The van der Waals surface area contributed by atoms with Crippen molar-refractivity contribution in [1.82, 2.24) is 5.32 Å². The third-order valence-corrected chi connectivity index (χ3v) is 3.42. The summed E-state index contributed by atoms with van der Waals surface area (Å²) < 4.78 is 0. The van der Waals surface area contributed by atoms with Crippen LogP contribution in [0.4, 0.5) is 0 Å². The van der Waals surface area contributed by atoms with E-state index in [0.717, 1.165) is 25.3 Å². The van der Waals surface area contributed by atoms with Gasteiger partial charge in [-0.3, -0.25) is 0 Å². The van der Waals surface area contributed by atoms with Crippen LogP contribution in [0.2, 0.25) is 0 Å².